The predicted octanol–water partition coefficient (Wildman–Crippen LogP) is -0.569. The van der Waals surface area contributed by atoms with Crippen LogP contribution in [0.2, 0.25) is 0 Å². The molecule has 0 atom stereocenters. The number of carboxylic acid groups (broad SMARTS) is 1. The SMILES string of the molecule is CCOC(=O)c1ccc(O)cc1.CCOC(=O)c1ccc(OCCN2CCCCC2)cc1.ClCC[NH+]1CCCCC1.O=C(O)c1ccc(OCC[NH+]2CCCCC2)cc1.[Cl-].[Cl-]. The lowest BCUT2D eigenvalue weighted by Crippen LogP contribution is -3.13. The van der Waals surface area contributed by atoms with Crippen LogP contribution in [0.1, 0.15) is 103 Å². The molecule has 3 saturated heterocycles. The highest BCUT2D eigenvalue weighted by atomic mass is 35.5. The summed E-state index contributed by atoms with van der Waals surface area (Å²) in [4.78, 5) is 39.0. The molecule has 0 saturated carbocycles. The van der Waals surface area contributed by atoms with Gasteiger partial charge in [0.2, 0.25) is 0 Å². The zero-order valence-electron chi connectivity index (χ0n) is 36.0. The third-order valence-electron chi connectivity index (χ3n) is 10.3. The molecule has 0 radical (unpaired) electrons. The number of aromatic hydroxyl groups is 1. The number of carbonyl (C=O) groups excluding carboxylic acids is 2. The number of carbonyl (C=O) groups is 3. The number of piperidine rings is 3. The van der Waals surface area contributed by atoms with E-state index in [9.17, 15) is 14.4 Å². The van der Waals surface area contributed by atoms with Crippen molar-refractivity contribution in [3.05, 3.63) is 89.5 Å². The number of rotatable bonds is 15. The van der Waals surface area contributed by atoms with Crippen LogP contribution in [0.4, 0.5) is 0 Å². The van der Waals surface area contributed by atoms with Gasteiger partial charge < -0.3 is 63.8 Å². The molecule has 6 rings (SSSR count). The number of benzene rings is 3. The minimum atomic E-state index is -0.903. The summed E-state index contributed by atoms with van der Waals surface area (Å²) in [5.74, 6) is 0.966. The Kier molecular flexibility index (Phi) is 30.6. The molecule has 61 heavy (non-hydrogen) atoms. The Balaban J connectivity index is 0.000000418. The number of phenolic OH excluding ortho intramolecular Hbond substituents is 1. The summed E-state index contributed by atoms with van der Waals surface area (Å²) in [7, 11) is 0. The van der Waals surface area contributed by atoms with Crippen LogP contribution in [0.3, 0.4) is 0 Å². The summed E-state index contributed by atoms with van der Waals surface area (Å²) < 4.78 is 21.0. The summed E-state index contributed by atoms with van der Waals surface area (Å²) in [6.07, 6.45) is 12.2. The molecule has 0 spiro atoms. The van der Waals surface area contributed by atoms with E-state index in [1.54, 1.807) is 60.0 Å². The van der Waals surface area contributed by atoms with Crippen LogP contribution in [-0.4, -0.2) is 124 Å². The number of nitrogens with zero attached hydrogens (tertiary/aromatic N) is 1. The van der Waals surface area contributed by atoms with Crippen LogP contribution in [-0.2, 0) is 9.47 Å². The average Bonchev–Trinajstić information content (AvgIpc) is 3.26. The van der Waals surface area contributed by atoms with Crippen molar-refractivity contribution in [3.63, 3.8) is 0 Å². The van der Waals surface area contributed by atoms with Gasteiger partial charge in [-0.05, 0) is 151 Å². The number of hydrogen-bond donors (Lipinski definition) is 4. The van der Waals surface area contributed by atoms with Crippen LogP contribution in [0.5, 0.6) is 17.2 Å². The topological polar surface area (TPSA) is 141 Å². The van der Waals surface area contributed by atoms with Gasteiger partial charge in [-0.1, -0.05) is 6.42 Å². The van der Waals surface area contributed by atoms with Gasteiger partial charge in [0.1, 0.15) is 37.0 Å². The molecule has 15 heteroatoms. The Bertz CT molecular complexity index is 1580. The molecule has 3 aromatic rings. The quantitative estimate of drug-likeness (QED) is 0.116. The molecule has 3 fully saturated rings. The number of nitrogens with one attached hydrogen (secondary N) is 2. The Morgan fingerprint density at radius 1 is 0.590 bits per heavy atom. The standard InChI is InChI=1S/C16H23NO3.C14H19NO3.C9H10O3.C7H14ClN.2ClH/c1-2-19-16(18)14-6-8-15(9-7-14)20-13-12-17-10-4-3-5-11-17;16-14(17)12-4-6-13(7-5-12)18-11-10-15-8-2-1-3-9-15;1-2-12-9(11)7-3-5-8(10)6-4-7;8-4-7-9-5-2-1-3-6-9;;/h6-9H,2-5,10-13H2,1H3;4-7H,1-3,8-11H2,(H,16,17);3-6,10H,2H2,1H3;1-7H2;2*1H. The third-order valence-corrected chi connectivity index (χ3v) is 10.5. The van der Waals surface area contributed by atoms with Gasteiger partial charge in [-0.2, -0.15) is 0 Å². The average molecular weight is 913 g/mol. The lowest BCUT2D eigenvalue weighted by atomic mass is 10.1. The Morgan fingerprint density at radius 2 is 1.00 bits per heavy atom. The van der Waals surface area contributed by atoms with Crippen molar-refractivity contribution in [2.24, 2.45) is 0 Å². The van der Waals surface area contributed by atoms with Gasteiger partial charge >= 0.3 is 17.9 Å². The van der Waals surface area contributed by atoms with Gasteiger partial charge in [0.25, 0.3) is 0 Å². The van der Waals surface area contributed by atoms with E-state index < -0.39 is 5.97 Å². The summed E-state index contributed by atoms with van der Waals surface area (Å²) in [5.41, 5.74) is 1.31. The van der Waals surface area contributed by atoms with E-state index in [1.165, 1.54) is 128 Å². The third kappa shape index (κ3) is 23.9. The highest BCUT2D eigenvalue weighted by Gasteiger charge is 2.14. The first-order chi connectivity index (χ1) is 28.7. The van der Waals surface area contributed by atoms with E-state index in [0.29, 0.717) is 43.1 Å². The van der Waals surface area contributed by atoms with Crippen molar-refractivity contribution >= 4 is 29.5 Å². The number of likely N-dealkylation sites (tertiary alicyclic amines) is 3. The van der Waals surface area contributed by atoms with Gasteiger partial charge in [-0.15, -0.1) is 11.6 Å². The summed E-state index contributed by atoms with van der Waals surface area (Å²) in [5, 5.41) is 17.7. The van der Waals surface area contributed by atoms with Crippen LogP contribution >= 0.6 is 11.6 Å². The maximum Gasteiger partial charge on any atom is 0.338 e. The molecule has 3 aliphatic heterocycles. The Hall–Kier alpha value is -3.78. The molecule has 4 N–H and O–H groups in total. The van der Waals surface area contributed by atoms with E-state index in [4.69, 9.17) is 40.8 Å². The minimum absolute atomic E-state index is 0. The van der Waals surface area contributed by atoms with Crippen molar-refractivity contribution in [2.45, 2.75) is 71.6 Å². The number of esters is 2. The van der Waals surface area contributed by atoms with Crippen molar-refractivity contribution in [1.29, 1.82) is 0 Å². The molecule has 0 aliphatic carbocycles. The molecule has 0 aromatic heterocycles. The summed E-state index contributed by atoms with van der Waals surface area (Å²) in [6.45, 7) is 16.4. The number of quaternary nitrogens is 2. The highest BCUT2D eigenvalue weighted by molar-refractivity contribution is 6.17. The maximum absolute atomic E-state index is 11.5. The number of halogens is 3. The molecule has 0 unspecified atom stereocenters. The first-order valence-electron chi connectivity index (χ1n) is 21.5. The monoisotopic (exact) mass is 911 g/mol. The fraction of sp³-hybridized carbons (Fsp3) is 0.543. The van der Waals surface area contributed by atoms with E-state index >= 15 is 0 Å². The van der Waals surface area contributed by atoms with Crippen LogP contribution in [0.25, 0.3) is 0 Å². The van der Waals surface area contributed by atoms with Gasteiger partial charge in [-0.3, -0.25) is 4.90 Å². The van der Waals surface area contributed by atoms with Crippen molar-refractivity contribution < 1.29 is 78.2 Å². The molecule has 3 aromatic carbocycles. The normalized spacial score (nSPS) is 15.2. The van der Waals surface area contributed by atoms with Gasteiger partial charge in [0, 0.05) is 6.54 Å². The maximum atomic E-state index is 11.5. The number of phenols is 1. The van der Waals surface area contributed by atoms with Crippen molar-refractivity contribution in [3.8, 4) is 17.2 Å². The highest BCUT2D eigenvalue weighted by Crippen LogP contribution is 2.15. The zero-order valence-corrected chi connectivity index (χ0v) is 38.3. The smallest absolute Gasteiger partial charge is 0.338 e. The van der Waals surface area contributed by atoms with Gasteiger partial charge in [-0.25, -0.2) is 14.4 Å². The number of alkyl halides is 1. The number of carboxylic acids is 1. The lowest BCUT2D eigenvalue weighted by molar-refractivity contribution is -0.904. The Labute approximate surface area is 380 Å². The van der Waals surface area contributed by atoms with E-state index in [0.717, 1.165) is 30.5 Å². The zero-order chi connectivity index (χ0) is 42.5. The van der Waals surface area contributed by atoms with E-state index in [1.807, 2.05) is 12.1 Å². The Morgan fingerprint density at radius 3 is 1.44 bits per heavy atom. The second-order valence-corrected chi connectivity index (χ2v) is 15.1. The van der Waals surface area contributed by atoms with Crippen LogP contribution in [0.15, 0.2) is 72.8 Å². The minimum Gasteiger partial charge on any atom is -1.00 e. The van der Waals surface area contributed by atoms with Gasteiger partial charge in [0.05, 0.1) is 68.5 Å². The molecule has 0 bridgehead atoms. The van der Waals surface area contributed by atoms with Crippen LogP contribution < -0.4 is 44.1 Å². The van der Waals surface area contributed by atoms with Crippen molar-refractivity contribution in [1.82, 2.24) is 4.90 Å². The first kappa shape index (κ1) is 55.2. The van der Waals surface area contributed by atoms with Crippen molar-refractivity contribution in [2.75, 3.05) is 91.2 Å². The fourth-order valence-corrected chi connectivity index (χ4v) is 7.20. The second-order valence-electron chi connectivity index (χ2n) is 14.8. The largest absolute Gasteiger partial charge is 1.00 e. The number of hydrogen-bond acceptors (Lipinski definition) is 9. The fourth-order valence-electron chi connectivity index (χ4n) is 6.93. The van der Waals surface area contributed by atoms with E-state index in [-0.39, 0.29) is 42.5 Å². The molecule has 342 valence electrons. The second kappa shape index (κ2) is 33.8. The molecule has 0 amide bonds. The molecule has 3 heterocycles. The molecule has 12 nitrogen and oxygen atoms in total. The first-order valence-corrected chi connectivity index (χ1v) is 22.0. The van der Waals surface area contributed by atoms with E-state index in [2.05, 4.69) is 4.90 Å². The van der Waals surface area contributed by atoms with Crippen LogP contribution in [0, 0.1) is 0 Å². The van der Waals surface area contributed by atoms with Gasteiger partial charge in [0.15, 0.2) is 0 Å². The summed E-state index contributed by atoms with van der Waals surface area (Å²) >= 11 is 5.61. The molecular weight excluding hydrogens is 845 g/mol. The molecule has 3 aliphatic rings. The lowest BCUT2D eigenvalue weighted by Gasteiger charge is -2.26. The molecular formula is C46H68Cl3N3O9. The number of ether oxygens (including phenoxy) is 4. The predicted molar refractivity (Wildman–Crippen MR) is 231 cm³/mol. The number of aromatic carboxylic acids is 1. The summed E-state index contributed by atoms with van der Waals surface area (Å²) in [6, 6.07) is 19.7.